The van der Waals surface area contributed by atoms with Gasteiger partial charge in [-0.05, 0) is 30.0 Å². The SMILES string of the molecule is CCCCCNC(=NCc1cccs1)NCCc1ccco1. The highest BCUT2D eigenvalue weighted by molar-refractivity contribution is 7.09. The Morgan fingerprint density at radius 2 is 2.09 bits per heavy atom. The molecule has 0 saturated heterocycles. The normalized spacial score (nSPS) is 11.6. The van der Waals surface area contributed by atoms with E-state index in [0.717, 1.165) is 37.8 Å². The molecule has 2 rings (SSSR count). The number of unbranched alkanes of at least 4 members (excludes halogenated alkanes) is 2. The van der Waals surface area contributed by atoms with Crippen molar-refractivity contribution in [2.24, 2.45) is 4.99 Å². The van der Waals surface area contributed by atoms with Crippen LogP contribution in [0.15, 0.2) is 45.3 Å². The molecule has 2 N–H and O–H groups in total. The van der Waals surface area contributed by atoms with Gasteiger partial charge in [0.1, 0.15) is 5.76 Å². The molecule has 22 heavy (non-hydrogen) atoms. The van der Waals surface area contributed by atoms with E-state index in [1.807, 2.05) is 12.1 Å². The summed E-state index contributed by atoms with van der Waals surface area (Å²) in [4.78, 5) is 5.94. The van der Waals surface area contributed by atoms with Crippen LogP contribution in [0.2, 0.25) is 0 Å². The first-order chi connectivity index (χ1) is 10.9. The molecule has 0 atom stereocenters. The zero-order valence-electron chi connectivity index (χ0n) is 13.2. The number of nitrogens with one attached hydrogen (secondary N) is 2. The zero-order valence-corrected chi connectivity index (χ0v) is 14.0. The summed E-state index contributed by atoms with van der Waals surface area (Å²) in [6.45, 7) is 4.72. The minimum absolute atomic E-state index is 0.724. The van der Waals surface area contributed by atoms with Crippen LogP contribution >= 0.6 is 11.3 Å². The first kappa shape index (κ1) is 16.6. The Labute approximate surface area is 136 Å². The summed E-state index contributed by atoms with van der Waals surface area (Å²) >= 11 is 1.74. The van der Waals surface area contributed by atoms with Crippen LogP contribution in [-0.2, 0) is 13.0 Å². The third kappa shape index (κ3) is 6.35. The third-order valence-electron chi connectivity index (χ3n) is 3.29. The van der Waals surface area contributed by atoms with Crippen LogP contribution in [-0.4, -0.2) is 19.0 Å². The van der Waals surface area contributed by atoms with E-state index >= 15 is 0 Å². The largest absolute Gasteiger partial charge is 0.469 e. The lowest BCUT2D eigenvalue weighted by molar-refractivity contribution is 0.506. The summed E-state index contributed by atoms with van der Waals surface area (Å²) in [6.07, 6.45) is 6.23. The van der Waals surface area contributed by atoms with Crippen molar-refractivity contribution in [3.63, 3.8) is 0 Å². The second-order valence-corrected chi connectivity index (χ2v) is 6.17. The molecule has 0 aliphatic carbocycles. The number of rotatable bonds is 9. The van der Waals surface area contributed by atoms with Gasteiger partial charge in [0.05, 0.1) is 12.8 Å². The number of hydrogen-bond donors (Lipinski definition) is 2. The molecular weight excluding hydrogens is 294 g/mol. The molecule has 0 bridgehead atoms. The molecule has 0 aromatic carbocycles. The molecule has 0 unspecified atom stereocenters. The van der Waals surface area contributed by atoms with Gasteiger partial charge in [0.2, 0.25) is 0 Å². The summed E-state index contributed by atoms with van der Waals surface area (Å²) in [5, 5.41) is 8.88. The molecule has 0 amide bonds. The molecule has 2 aromatic rings. The standard InChI is InChI=1S/C17H25N3OS/c1-2-3-4-10-18-17(20-14-16-8-6-13-22-16)19-11-9-15-7-5-12-21-15/h5-8,12-13H,2-4,9-11,14H2,1H3,(H2,18,19,20). The van der Waals surface area contributed by atoms with Crippen molar-refractivity contribution in [2.45, 2.75) is 39.2 Å². The van der Waals surface area contributed by atoms with Gasteiger partial charge < -0.3 is 15.1 Å². The predicted octanol–water partition coefficient (Wildman–Crippen LogP) is 3.81. The molecule has 4 nitrogen and oxygen atoms in total. The fourth-order valence-corrected chi connectivity index (χ4v) is 2.70. The highest BCUT2D eigenvalue weighted by Gasteiger charge is 2.01. The lowest BCUT2D eigenvalue weighted by Gasteiger charge is -2.12. The van der Waals surface area contributed by atoms with Gasteiger partial charge in [0, 0.05) is 24.4 Å². The fourth-order valence-electron chi connectivity index (χ4n) is 2.07. The Kier molecular flexibility index (Phi) is 7.60. The quantitative estimate of drug-likeness (QED) is 0.420. The maximum Gasteiger partial charge on any atom is 0.191 e. The minimum Gasteiger partial charge on any atom is -0.469 e. The van der Waals surface area contributed by atoms with E-state index < -0.39 is 0 Å². The molecule has 0 aliphatic rings. The van der Waals surface area contributed by atoms with Crippen LogP contribution in [0.1, 0.15) is 36.8 Å². The molecule has 5 heteroatoms. The van der Waals surface area contributed by atoms with Crippen LogP contribution in [0.4, 0.5) is 0 Å². The van der Waals surface area contributed by atoms with E-state index in [-0.39, 0.29) is 0 Å². The van der Waals surface area contributed by atoms with Gasteiger partial charge in [0.25, 0.3) is 0 Å². The van der Waals surface area contributed by atoms with Crippen LogP contribution in [0.3, 0.4) is 0 Å². The monoisotopic (exact) mass is 319 g/mol. The van der Waals surface area contributed by atoms with Crippen LogP contribution in [0, 0.1) is 0 Å². The maximum absolute atomic E-state index is 5.35. The molecule has 0 fully saturated rings. The van der Waals surface area contributed by atoms with Crippen LogP contribution in [0.5, 0.6) is 0 Å². The molecule has 0 radical (unpaired) electrons. The highest BCUT2D eigenvalue weighted by Crippen LogP contribution is 2.09. The van der Waals surface area contributed by atoms with Gasteiger partial charge in [-0.3, -0.25) is 0 Å². The molecule has 120 valence electrons. The van der Waals surface area contributed by atoms with Gasteiger partial charge >= 0.3 is 0 Å². The van der Waals surface area contributed by atoms with E-state index in [1.54, 1.807) is 17.6 Å². The number of thiophene rings is 1. The van der Waals surface area contributed by atoms with Gasteiger partial charge in [-0.1, -0.05) is 25.8 Å². The van der Waals surface area contributed by atoms with Gasteiger partial charge in [-0.2, -0.15) is 0 Å². The summed E-state index contributed by atoms with van der Waals surface area (Å²) < 4.78 is 5.35. The van der Waals surface area contributed by atoms with Crippen molar-refractivity contribution in [2.75, 3.05) is 13.1 Å². The van der Waals surface area contributed by atoms with Crippen molar-refractivity contribution >= 4 is 17.3 Å². The van der Waals surface area contributed by atoms with Gasteiger partial charge in [-0.25, -0.2) is 4.99 Å². The maximum atomic E-state index is 5.35. The highest BCUT2D eigenvalue weighted by atomic mass is 32.1. The molecule has 0 saturated carbocycles. The molecule has 0 spiro atoms. The van der Waals surface area contributed by atoms with Gasteiger partial charge in [-0.15, -0.1) is 11.3 Å². The summed E-state index contributed by atoms with van der Waals surface area (Å²) in [6, 6.07) is 8.10. The summed E-state index contributed by atoms with van der Waals surface area (Å²) in [7, 11) is 0. The Hall–Kier alpha value is -1.75. The summed E-state index contributed by atoms with van der Waals surface area (Å²) in [5.41, 5.74) is 0. The number of hydrogen-bond acceptors (Lipinski definition) is 3. The van der Waals surface area contributed by atoms with Crippen molar-refractivity contribution in [3.8, 4) is 0 Å². The average Bonchev–Trinajstić information content (AvgIpc) is 3.21. The second-order valence-electron chi connectivity index (χ2n) is 5.13. The van der Waals surface area contributed by atoms with E-state index in [0.29, 0.717) is 0 Å². The molecular formula is C17H25N3OS. The smallest absolute Gasteiger partial charge is 0.191 e. The molecule has 2 heterocycles. The number of furan rings is 1. The number of guanidine groups is 1. The third-order valence-corrected chi connectivity index (χ3v) is 4.15. The predicted molar refractivity (Wildman–Crippen MR) is 93.4 cm³/mol. The topological polar surface area (TPSA) is 49.6 Å². The van der Waals surface area contributed by atoms with Crippen molar-refractivity contribution in [1.82, 2.24) is 10.6 Å². The lowest BCUT2D eigenvalue weighted by Crippen LogP contribution is -2.38. The van der Waals surface area contributed by atoms with Gasteiger partial charge in [0.15, 0.2) is 5.96 Å². The van der Waals surface area contributed by atoms with E-state index in [9.17, 15) is 0 Å². The Morgan fingerprint density at radius 1 is 1.18 bits per heavy atom. The summed E-state index contributed by atoms with van der Waals surface area (Å²) in [5.74, 6) is 1.88. The van der Waals surface area contributed by atoms with E-state index in [2.05, 4.69) is 40.1 Å². The number of aliphatic imine (C=N–C) groups is 1. The fraction of sp³-hybridized carbons (Fsp3) is 0.471. The molecule has 0 aliphatic heterocycles. The minimum atomic E-state index is 0.724. The first-order valence-electron chi connectivity index (χ1n) is 7.95. The van der Waals surface area contributed by atoms with Crippen LogP contribution < -0.4 is 10.6 Å². The first-order valence-corrected chi connectivity index (χ1v) is 8.83. The van der Waals surface area contributed by atoms with Crippen molar-refractivity contribution in [3.05, 3.63) is 46.5 Å². The van der Waals surface area contributed by atoms with E-state index in [4.69, 9.17) is 4.42 Å². The average molecular weight is 319 g/mol. The molecule has 2 aromatic heterocycles. The Bertz CT molecular complexity index is 520. The Morgan fingerprint density at radius 3 is 2.82 bits per heavy atom. The zero-order chi connectivity index (χ0) is 15.5. The van der Waals surface area contributed by atoms with Crippen molar-refractivity contribution < 1.29 is 4.42 Å². The number of nitrogens with zero attached hydrogens (tertiary/aromatic N) is 1. The Balaban J connectivity index is 1.78. The van der Waals surface area contributed by atoms with Crippen LogP contribution in [0.25, 0.3) is 0 Å². The lowest BCUT2D eigenvalue weighted by atomic mass is 10.2. The second kappa shape index (κ2) is 10.1. The van der Waals surface area contributed by atoms with Crippen molar-refractivity contribution in [1.29, 1.82) is 0 Å². The van der Waals surface area contributed by atoms with E-state index in [1.165, 1.54) is 24.1 Å².